The van der Waals surface area contributed by atoms with Crippen LogP contribution in [0.4, 0.5) is 0 Å². The molecular weight excluding hydrogens is 156 g/mol. The van der Waals surface area contributed by atoms with E-state index < -0.39 is 0 Å². The minimum absolute atomic E-state index is 0.946. The maximum Gasteiger partial charge on any atom is -0.000911 e. The fourth-order valence-corrected chi connectivity index (χ4v) is 1.59. The molecule has 0 fully saturated rings. The van der Waals surface area contributed by atoms with E-state index in [0.717, 1.165) is 18.4 Å². The molecule has 0 heterocycles. The fraction of sp³-hybridized carbons (Fsp3) is 0.462. The molecule has 1 aromatic rings. The minimum atomic E-state index is 0.946. The lowest BCUT2D eigenvalue weighted by molar-refractivity contribution is 0.892. The quantitative estimate of drug-likeness (QED) is 0.653. The normalized spacial score (nSPS) is 10.4. The summed E-state index contributed by atoms with van der Waals surface area (Å²) in [6, 6.07) is 6.43. The number of hydrogen-bond donors (Lipinski definition) is 0. The Morgan fingerprint density at radius 3 is 2.38 bits per heavy atom. The zero-order valence-corrected chi connectivity index (χ0v) is 8.64. The predicted molar refractivity (Wildman–Crippen MR) is 57.8 cm³/mol. The van der Waals surface area contributed by atoms with Crippen LogP contribution in [0.1, 0.15) is 43.4 Å². The highest BCUT2D eigenvalue weighted by molar-refractivity contribution is 5.34. The van der Waals surface area contributed by atoms with Gasteiger partial charge in [0.25, 0.3) is 0 Å². The highest BCUT2D eigenvalue weighted by Crippen LogP contribution is 2.14. The lowest BCUT2D eigenvalue weighted by Gasteiger charge is -2.06. The molecule has 70 valence electrons. The molecular formula is C13H18. The van der Waals surface area contributed by atoms with Gasteiger partial charge in [0, 0.05) is 0 Å². The number of rotatable bonds is 4. The molecule has 0 saturated heterocycles. The fourth-order valence-electron chi connectivity index (χ4n) is 1.59. The second-order valence-corrected chi connectivity index (χ2v) is 3.53. The molecule has 13 heavy (non-hydrogen) atoms. The molecule has 0 heteroatoms. The highest BCUT2D eigenvalue weighted by atomic mass is 14.0. The largest absolute Gasteiger partial charge is 0.0651 e. The first-order valence-electron chi connectivity index (χ1n) is 5.15. The van der Waals surface area contributed by atoms with Gasteiger partial charge in [-0.15, -0.1) is 0 Å². The lowest BCUT2D eigenvalue weighted by atomic mass is 9.99. The van der Waals surface area contributed by atoms with Crippen LogP contribution in [0, 0.1) is 6.92 Å². The lowest BCUT2D eigenvalue weighted by Crippen LogP contribution is -1.92. The van der Waals surface area contributed by atoms with Gasteiger partial charge in [0.1, 0.15) is 0 Å². The first-order chi connectivity index (χ1) is 6.27. The Balaban J connectivity index is 2.83. The van der Waals surface area contributed by atoms with Crippen LogP contribution in [0.25, 0.3) is 0 Å². The van der Waals surface area contributed by atoms with Gasteiger partial charge < -0.3 is 0 Å². The van der Waals surface area contributed by atoms with Crippen molar-refractivity contribution in [3.63, 3.8) is 0 Å². The molecule has 0 bridgehead atoms. The van der Waals surface area contributed by atoms with Gasteiger partial charge in [0.15, 0.2) is 0 Å². The van der Waals surface area contributed by atoms with Crippen molar-refractivity contribution in [3.8, 4) is 0 Å². The van der Waals surface area contributed by atoms with Crippen molar-refractivity contribution < 1.29 is 0 Å². The Bertz CT molecular complexity index is 261. The highest BCUT2D eigenvalue weighted by Gasteiger charge is 1.98. The van der Waals surface area contributed by atoms with Gasteiger partial charge >= 0.3 is 0 Å². The van der Waals surface area contributed by atoms with Crippen LogP contribution in [-0.2, 0) is 12.8 Å². The summed E-state index contributed by atoms with van der Waals surface area (Å²) in [6.45, 7) is 10.3. The third kappa shape index (κ3) is 2.87. The topological polar surface area (TPSA) is 0 Å². The smallest absolute Gasteiger partial charge is 0.000911 e. The van der Waals surface area contributed by atoms with E-state index in [0.29, 0.717) is 0 Å². The molecule has 2 radical (unpaired) electrons. The second-order valence-electron chi connectivity index (χ2n) is 3.53. The van der Waals surface area contributed by atoms with Crippen molar-refractivity contribution in [2.24, 2.45) is 0 Å². The van der Waals surface area contributed by atoms with E-state index in [1.54, 1.807) is 0 Å². The second kappa shape index (κ2) is 5.06. The number of hydrogen-bond acceptors (Lipinski definition) is 0. The molecule has 0 aliphatic carbocycles. The molecule has 0 spiro atoms. The first kappa shape index (κ1) is 10.3. The Hall–Kier alpha value is -0.780. The molecule has 1 aromatic carbocycles. The molecule has 0 saturated carbocycles. The zero-order chi connectivity index (χ0) is 9.68. The van der Waals surface area contributed by atoms with Crippen LogP contribution >= 0.6 is 0 Å². The molecule has 0 aliphatic rings. The van der Waals surface area contributed by atoms with Crippen LogP contribution < -0.4 is 0 Å². The van der Waals surface area contributed by atoms with Crippen molar-refractivity contribution in [1.82, 2.24) is 0 Å². The van der Waals surface area contributed by atoms with Crippen molar-refractivity contribution >= 4 is 0 Å². The van der Waals surface area contributed by atoms with Gasteiger partial charge in [0.2, 0.25) is 0 Å². The molecule has 0 aliphatic heterocycles. The zero-order valence-electron chi connectivity index (χ0n) is 8.64. The summed E-state index contributed by atoms with van der Waals surface area (Å²) in [5.41, 5.74) is 3.68. The number of aryl methyl sites for hydroxylation is 2. The van der Waals surface area contributed by atoms with Crippen molar-refractivity contribution in [1.29, 1.82) is 0 Å². The Kier molecular flexibility index (Phi) is 4.01. The van der Waals surface area contributed by atoms with Crippen LogP contribution in [0.5, 0.6) is 0 Å². The van der Waals surface area contributed by atoms with Crippen molar-refractivity contribution in [2.75, 3.05) is 0 Å². The van der Waals surface area contributed by atoms with Crippen LogP contribution in [0.15, 0.2) is 18.2 Å². The van der Waals surface area contributed by atoms with E-state index in [1.165, 1.54) is 24.0 Å². The molecule has 0 amide bonds. The van der Waals surface area contributed by atoms with E-state index in [-0.39, 0.29) is 0 Å². The Morgan fingerprint density at radius 2 is 1.77 bits per heavy atom. The van der Waals surface area contributed by atoms with E-state index in [1.807, 2.05) is 6.07 Å². The maximum atomic E-state index is 5.87. The molecule has 0 N–H and O–H groups in total. The van der Waals surface area contributed by atoms with Gasteiger partial charge in [-0.2, -0.15) is 0 Å². The minimum Gasteiger partial charge on any atom is -0.0651 e. The molecule has 0 nitrogen and oxygen atoms in total. The van der Waals surface area contributed by atoms with Gasteiger partial charge in [0.05, 0.1) is 0 Å². The van der Waals surface area contributed by atoms with Crippen LogP contribution in [-0.4, -0.2) is 0 Å². The molecule has 0 atom stereocenters. The monoisotopic (exact) mass is 174 g/mol. The van der Waals surface area contributed by atoms with Crippen LogP contribution in [0.2, 0.25) is 0 Å². The summed E-state index contributed by atoms with van der Waals surface area (Å²) in [4.78, 5) is 0. The molecule has 1 rings (SSSR count). The average Bonchev–Trinajstić information content (AvgIpc) is 2.12. The third-order valence-corrected chi connectivity index (χ3v) is 2.27. The number of benzene rings is 1. The van der Waals surface area contributed by atoms with Crippen molar-refractivity contribution in [2.45, 2.75) is 39.5 Å². The van der Waals surface area contributed by atoms with E-state index in [2.05, 4.69) is 26.0 Å². The van der Waals surface area contributed by atoms with Gasteiger partial charge in [-0.3, -0.25) is 0 Å². The SMILES string of the molecule is [CH]c1ccc(CCC)cc1CCC. The van der Waals surface area contributed by atoms with Gasteiger partial charge in [-0.1, -0.05) is 44.9 Å². The maximum absolute atomic E-state index is 5.87. The van der Waals surface area contributed by atoms with E-state index in [4.69, 9.17) is 6.92 Å². The third-order valence-electron chi connectivity index (χ3n) is 2.27. The summed E-state index contributed by atoms with van der Waals surface area (Å²) in [6.07, 6.45) is 4.63. The molecule has 0 aromatic heterocycles. The summed E-state index contributed by atoms with van der Waals surface area (Å²) in [7, 11) is 0. The standard InChI is InChI=1S/C13H18/c1-4-6-12-9-8-11(3)13(10-12)7-5-2/h3,8-10H,4-7H2,1-2H3. The summed E-state index contributed by atoms with van der Waals surface area (Å²) < 4.78 is 0. The van der Waals surface area contributed by atoms with Crippen LogP contribution in [0.3, 0.4) is 0 Å². The Labute approximate surface area is 82.0 Å². The summed E-state index contributed by atoms with van der Waals surface area (Å²) in [5.74, 6) is 0. The van der Waals surface area contributed by atoms with Crippen molar-refractivity contribution in [3.05, 3.63) is 41.8 Å². The van der Waals surface area contributed by atoms with Gasteiger partial charge in [-0.05, 0) is 36.5 Å². The summed E-state index contributed by atoms with van der Waals surface area (Å²) in [5, 5.41) is 0. The van der Waals surface area contributed by atoms with Gasteiger partial charge in [-0.25, -0.2) is 0 Å². The van der Waals surface area contributed by atoms with E-state index >= 15 is 0 Å². The first-order valence-corrected chi connectivity index (χ1v) is 5.15. The Morgan fingerprint density at radius 1 is 1.08 bits per heavy atom. The predicted octanol–water partition coefficient (Wildman–Crippen LogP) is 3.65. The average molecular weight is 174 g/mol. The summed E-state index contributed by atoms with van der Waals surface area (Å²) >= 11 is 0. The van der Waals surface area contributed by atoms with E-state index in [9.17, 15) is 0 Å². The molecule has 0 unspecified atom stereocenters.